The lowest BCUT2D eigenvalue weighted by Gasteiger charge is -2.46. The van der Waals surface area contributed by atoms with Gasteiger partial charge >= 0.3 is 0 Å². The molecule has 0 amide bonds. The van der Waals surface area contributed by atoms with Gasteiger partial charge in [0, 0.05) is 4.90 Å². The largest absolute Gasteiger partial charge is 0.374 e. The Morgan fingerprint density at radius 2 is 0.826 bits per heavy atom. The molecule has 1 aliphatic heterocycles. The summed E-state index contributed by atoms with van der Waals surface area (Å²) in [6.45, 7) is 2.08. The molecule has 236 valence electrons. The molecule has 0 aliphatic carbocycles. The molecular formula is C40H40O5S. The smallest absolute Gasteiger partial charge is 0.137 e. The highest BCUT2D eigenvalue weighted by atomic mass is 32.2. The second-order valence-electron chi connectivity index (χ2n) is 11.3. The third kappa shape index (κ3) is 9.39. The number of ether oxygens (including phenoxy) is 5. The fraction of sp³-hybridized carbons (Fsp3) is 0.250. The van der Waals surface area contributed by atoms with E-state index in [9.17, 15) is 0 Å². The van der Waals surface area contributed by atoms with Crippen molar-refractivity contribution in [2.24, 2.45) is 0 Å². The van der Waals surface area contributed by atoms with Crippen LogP contribution in [0.25, 0.3) is 0 Å². The van der Waals surface area contributed by atoms with Crippen LogP contribution in [0.2, 0.25) is 0 Å². The average Bonchev–Trinajstić information content (AvgIpc) is 3.12. The lowest BCUT2D eigenvalue weighted by molar-refractivity contribution is -0.254. The monoisotopic (exact) mass is 632 g/mol. The SMILES string of the molecule is c1ccc(COC[C@H]2O[C@@H](Sc3ccccc3)[C@H](OCc3ccccc3)[C@H](OCc3ccccc3)[C@@H]2OCc2ccccc2)cc1. The van der Waals surface area contributed by atoms with Crippen LogP contribution in [-0.4, -0.2) is 36.5 Å². The van der Waals surface area contributed by atoms with Crippen LogP contribution in [0.4, 0.5) is 0 Å². The maximum absolute atomic E-state index is 6.92. The van der Waals surface area contributed by atoms with Gasteiger partial charge in [-0.2, -0.15) is 0 Å². The second-order valence-corrected chi connectivity index (χ2v) is 12.4. The normalized spacial score (nSPS) is 21.2. The van der Waals surface area contributed by atoms with E-state index in [4.69, 9.17) is 23.7 Å². The zero-order valence-electron chi connectivity index (χ0n) is 25.8. The molecule has 5 atom stereocenters. The predicted molar refractivity (Wildman–Crippen MR) is 182 cm³/mol. The number of thioether (sulfide) groups is 1. The van der Waals surface area contributed by atoms with Gasteiger partial charge in [0.2, 0.25) is 0 Å². The van der Waals surface area contributed by atoms with Crippen LogP contribution in [0.3, 0.4) is 0 Å². The van der Waals surface area contributed by atoms with Crippen molar-refractivity contribution in [3.05, 3.63) is 174 Å². The van der Waals surface area contributed by atoms with Crippen molar-refractivity contribution < 1.29 is 23.7 Å². The first-order chi connectivity index (χ1) is 22.8. The Labute approximate surface area is 276 Å². The molecule has 5 aromatic carbocycles. The van der Waals surface area contributed by atoms with Gasteiger partial charge in [-0.1, -0.05) is 151 Å². The molecule has 1 saturated heterocycles. The lowest BCUT2D eigenvalue weighted by Crippen LogP contribution is -2.60. The third-order valence-electron chi connectivity index (χ3n) is 7.84. The molecule has 1 heterocycles. The number of rotatable bonds is 15. The standard InChI is InChI=1S/C40H40O5S/c1-6-16-31(17-7-1)26-41-30-36-37(42-27-32-18-8-2-9-19-32)38(43-28-33-20-10-3-11-21-33)39(44-29-34-22-12-4-13-23-34)40(45-36)46-35-24-14-5-15-25-35/h1-25,36-40H,26-30H2/t36-,37-,38-,39-,40+/m1/s1. The summed E-state index contributed by atoms with van der Waals surface area (Å²) >= 11 is 1.64. The van der Waals surface area contributed by atoms with E-state index in [1.165, 1.54) is 0 Å². The highest BCUT2D eigenvalue weighted by Gasteiger charge is 2.48. The minimum absolute atomic E-state index is 0.344. The summed E-state index contributed by atoms with van der Waals surface area (Å²) in [4.78, 5) is 1.09. The molecule has 0 aromatic heterocycles. The van der Waals surface area contributed by atoms with Gasteiger partial charge in [0.05, 0.1) is 33.0 Å². The van der Waals surface area contributed by atoms with E-state index in [1.807, 2.05) is 91.0 Å². The second kappa shape index (κ2) is 17.2. The van der Waals surface area contributed by atoms with Gasteiger partial charge < -0.3 is 23.7 Å². The molecule has 0 radical (unpaired) electrons. The minimum atomic E-state index is -0.451. The van der Waals surface area contributed by atoms with Gasteiger partial charge in [0.1, 0.15) is 29.9 Å². The van der Waals surface area contributed by atoms with Gasteiger partial charge in [0.25, 0.3) is 0 Å². The van der Waals surface area contributed by atoms with E-state index in [2.05, 4.69) is 60.7 Å². The Hall–Kier alpha value is -3.75. The van der Waals surface area contributed by atoms with Crippen LogP contribution in [0.1, 0.15) is 22.3 Å². The van der Waals surface area contributed by atoms with Crippen LogP contribution in [0, 0.1) is 0 Å². The summed E-state index contributed by atoms with van der Waals surface area (Å²) in [7, 11) is 0. The van der Waals surface area contributed by atoms with Crippen molar-refractivity contribution in [1.82, 2.24) is 0 Å². The summed E-state index contributed by atoms with van der Waals surface area (Å²) in [5, 5.41) is 0. The fourth-order valence-electron chi connectivity index (χ4n) is 5.48. The van der Waals surface area contributed by atoms with Gasteiger partial charge in [0.15, 0.2) is 0 Å². The van der Waals surface area contributed by atoms with Crippen LogP contribution in [0.5, 0.6) is 0 Å². The number of hydrogen-bond donors (Lipinski definition) is 0. The zero-order chi connectivity index (χ0) is 31.2. The highest BCUT2D eigenvalue weighted by Crippen LogP contribution is 2.38. The Morgan fingerprint density at radius 3 is 1.30 bits per heavy atom. The third-order valence-corrected chi connectivity index (χ3v) is 8.99. The molecule has 5 aromatic rings. The molecular weight excluding hydrogens is 593 g/mol. The van der Waals surface area contributed by atoms with Gasteiger partial charge in [-0.3, -0.25) is 0 Å². The first kappa shape index (κ1) is 32.2. The predicted octanol–water partition coefficient (Wildman–Crippen LogP) is 8.48. The van der Waals surface area contributed by atoms with Gasteiger partial charge in [-0.25, -0.2) is 0 Å². The number of hydrogen-bond acceptors (Lipinski definition) is 6. The minimum Gasteiger partial charge on any atom is -0.374 e. The summed E-state index contributed by atoms with van der Waals surface area (Å²) in [5.74, 6) is 0. The zero-order valence-corrected chi connectivity index (χ0v) is 26.6. The molecule has 0 N–H and O–H groups in total. The Morgan fingerprint density at radius 1 is 0.435 bits per heavy atom. The highest BCUT2D eigenvalue weighted by molar-refractivity contribution is 7.99. The van der Waals surface area contributed by atoms with Gasteiger partial charge in [-0.05, 0) is 34.4 Å². The summed E-state index contributed by atoms with van der Waals surface area (Å²) in [5.41, 5.74) is 3.99. The molecule has 1 aliphatic rings. The maximum Gasteiger partial charge on any atom is 0.137 e. The molecule has 5 nitrogen and oxygen atoms in total. The lowest BCUT2D eigenvalue weighted by atomic mass is 9.98. The van der Waals surface area contributed by atoms with Crippen molar-refractivity contribution in [2.45, 2.75) is 61.2 Å². The maximum atomic E-state index is 6.92. The van der Waals surface area contributed by atoms with E-state index in [0.29, 0.717) is 33.0 Å². The quantitative estimate of drug-likeness (QED) is 0.115. The van der Waals surface area contributed by atoms with Crippen molar-refractivity contribution in [3.8, 4) is 0 Å². The van der Waals surface area contributed by atoms with Crippen LogP contribution < -0.4 is 0 Å². The van der Waals surface area contributed by atoms with Crippen LogP contribution in [0.15, 0.2) is 157 Å². The van der Waals surface area contributed by atoms with Crippen molar-refractivity contribution in [2.75, 3.05) is 6.61 Å². The topological polar surface area (TPSA) is 46.2 Å². The summed E-state index contributed by atoms with van der Waals surface area (Å²) in [6.07, 6.45) is -1.72. The van der Waals surface area contributed by atoms with Crippen LogP contribution in [-0.2, 0) is 50.1 Å². The Balaban J connectivity index is 1.31. The molecule has 0 saturated carbocycles. The molecule has 6 heteroatoms. The first-order valence-electron chi connectivity index (χ1n) is 15.8. The fourth-order valence-corrected chi connectivity index (χ4v) is 6.62. The number of benzene rings is 5. The molecule has 0 unspecified atom stereocenters. The van der Waals surface area contributed by atoms with Crippen molar-refractivity contribution >= 4 is 11.8 Å². The van der Waals surface area contributed by atoms with Crippen LogP contribution >= 0.6 is 11.8 Å². The Kier molecular flexibility index (Phi) is 12.1. The molecule has 46 heavy (non-hydrogen) atoms. The summed E-state index contributed by atoms with van der Waals surface area (Å²) in [6, 6.07) is 51.2. The molecule has 6 rings (SSSR count). The average molecular weight is 633 g/mol. The first-order valence-corrected chi connectivity index (χ1v) is 16.7. The van der Waals surface area contributed by atoms with E-state index < -0.39 is 24.4 Å². The summed E-state index contributed by atoms with van der Waals surface area (Å²) < 4.78 is 33.6. The van der Waals surface area contributed by atoms with E-state index in [1.54, 1.807) is 11.8 Å². The van der Waals surface area contributed by atoms with E-state index in [-0.39, 0.29) is 5.44 Å². The van der Waals surface area contributed by atoms with Crippen molar-refractivity contribution in [3.63, 3.8) is 0 Å². The van der Waals surface area contributed by atoms with E-state index >= 15 is 0 Å². The molecule has 1 fully saturated rings. The van der Waals surface area contributed by atoms with Crippen molar-refractivity contribution in [1.29, 1.82) is 0 Å². The van der Waals surface area contributed by atoms with Gasteiger partial charge in [-0.15, -0.1) is 0 Å². The Bertz CT molecular complexity index is 1540. The molecule has 0 spiro atoms. The van der Waals surface area contributed by atoms with E-state index in [0.717, 1.165) is 27.1 Å². The molecule has 0 bridgehead atoms.